The van der Waals surface area contributed by atoms with Crippen molar-refractivity contribution in [2.45, 2.75) is 32.0 Å². The van der Waals surface area contributed by atoms with Crippen LogP contribution in [0.25, 0.3) is 11.4 Å². The van der Waals surface area contributed by atoms with Crippen molar-refractivity contribution in [3.05, 3.63) is 29.9 Å². The van der Waals surface area contributed by atoms with E-state index in [1.165, 1.54) is 12.1 Å². The molecule has 1 atom stereocenters. The van der Waals surface area contributed by atoms with E-state index < -0.39 is 29.7 Å². The van der Waals surface area contributed by atoms with E-state index in [0.717, 1.165) is 18.9 Å². The van der Waals surface area contributed by atoms with Gasteiger partial charge in [-0.15, -0.1) is 0 Å². The maximum Gasteiger partial charge on any atom is 0.471 e. The molecule has 0 spiro atoms. The van der Waals surface area contributed by atoms with Gasteiger partial charge in [0.2, 0.25) is 5.82 Å². The highest BCUT2D eigenvalue weighted by Crippen LogP contribution is 2.30. The molecule has 0 radical (unpaired) electrons. The highest BCUT2D eigenvalue weighted by atomic mass is 19.4. The van der Waals surface area contributed by atoms with Gasteiger partial charge in [-0.1, -0.05) is 5.16 Å². The summed E-state index contributed by atoms with van der Waals surface area (Å²) in [6.07, 6.45) is -3.01. The Morgan fingerprint density at radius 2 is 2.16 bits per heavy atom. The molecule has 1 unspecified atom stereocenters. The lowest BCUT2D eigenvalue weighted by atomic mass is 10.2. The maximum atomic E-state index is 14.2. The van der Waals surface area contributed by atoms with Gasteiger partial charge in [-0.25, -0.2) is 9.18 Å². The van der Waals surface area contributed by atoms with Crippen LogP contribution in [0.3, 0.4) is 0 Å². The van der Waals surface area contributed by atoms with Crippen molar-refractivity contribution >= 4 is 11.7 Å². The predicted octanol–water partition coefficient (Wildman–Crippen LogP) is 3.91. The standard InChI is InChI=1S/C15H14F4N4O2/c1-8-3-2-6-23(8)14(24)20-11-5-4-9(7-10(11)16)12-21-13(25-22-12)15(17,18)19/h4-5,7-8H,2-3,6H2,1H3,(H,20,24). The number of halogens is 4. The van der Waals surface area contributed by atoms with Crippen molar-refractivity contribution in [3.8, 4) is 11.4 Å². The SMILES string of the molecule is CC1CCCN1C(=O)Nc1ccc(-c2noc(C(F)(F)F)n2)cc1F. The molecule has 0 aliphatic carbocycles. The van der Waals surface area contributed by atoms with Crippen LogP contribution in [0.2, 0.25) is 0 Å². The second-order valence-corrected chi connectivity index (χ2v) is 5.73. The van der Waals surface area contributed by atoms with Gasteiger partial charge in [-0.3, -0.25) is 0 Å². The second-order valence-electron chi connectivity index (χ2n) is 5.73. The van der Waals surface area contributed by atoms with Gasteiger partial charge in [0.05, 0.1) is 5.69 Å². The van der Waals surface area contributed by atoms with Crippen molar-refractivity contribution in [3.63, 3.8) is 0 Å². The summed E-state index contributed by atoms with van der Waals surface area (Å²) in [7, 11) is 0. The first-order chi connectivity index (χ1) is 11.8. The fourth-order valence-electron chi connectivity index (χ4n) is 2.63. The minimum absolute atomic E-state index is 0.00397. The molecular formula is C15H14F4N4O2. The van der Waals surface area contributed by atoms with Crippen LogP contribution in [-0.4, -0.2) is 33.7 Å². The molecule has 0 bridgehead atoms. The lowest BCUT2D eigenvalue weighted by Gasteiger charge is -2.22. The largest absolute Gasteiger partial charge is 0.471 e. The smallest absolute Gasteiger partial charge is 0.329 e. The van der Waals surface area contributed by atoms with Gasteiger partial charge in [0, 0.05) is 18.2 Å². The lowest BCUT2D eigenvalue weighted by Crippen LogP contribution is -2.37. The van der Waals surface area contributed by atoms with E-state index in [0.29, 0.717) is 6.54 Å². The van der Waals surface area contributed by atoms with Crippen molar-refractivity contribution in [1.82, 2.24) is 15.0 Å². The third-order valence-electron chi connectivity index (χ3n) is 3.95. The van der Waals surface area contributed by atoms with Gasteiger partial charge < -0.3 is 14.7 Å². The number of hydrogen-bond acceptors (Lipinski definition) is 4. The van der Waals surface area contributed by atoms with Crippen molar-refractivity contribution in [2.24, 2.45) is 0 Å². The first kappa shape index (κ1) is 17.2. The number of nitrogens with one attached hydrogen (secondary N) is 1. The number of aromatic nitrogens is 2. The first-order valence-corrected chi connectivity index (χ1v) is 7.54. The second kappa shape index (κ2) is 6.34. The zero-order chi connectivity index (χ0) is 18.2. The average molecular weight is 358 g/mol. The molecule has 1 N–H and O–H groups in total. The van der Waals surface area contributed by atoms with Crippen LogP contribution >= 0.6 is 0 Å². The molecule has 1 aliphatic heterocycles. The van der Waals surface area contributed by atoms with Crippen LogP contribution in [0.4, 0.5) is 28.0 Å². The number of rotatable bonds is 2. The minimum atomic E-state index is -4.77. The molecular weight excluding hydrogens is 344 g/mol. The van der Waals surface area contributed by atoms with Crippen LogP contribution < -0.4 is 5.32 Å². The fourth-order valence-corrected chi connectivity index (χ4v) is 2.63. The molecule has 6 nitrogen and oxygen atoms in total. The fraction of sp³-hybridized carbons (Fsp3) is 0.400. The molecule has 1 aromatic carbocycles. The van der Waals surface area contributed by atoms with Crippen molar-refractivity contribution in [1.29, 1.82) is 0 Å². The van der Waals surface area contributed by atoms with E-state index in [1.54, 1.807) is 4.90 Å². The monoisotopic (exact) mass is 358 g/mol. The molecule has 134 valence electrons. The number of urea groups is 1. The Balaban J connectivity index is 1.77. The summed E-state index contributed by atoms with van der Waals surface area (Å²) < 4.78 is 55.7. The zero-order valence-electron chi connectivity index (χ0n) is 13.1. The first-order valence-electron chi connectivity index (χ1n) is 7.54. The van der Waals surface area contributed by atoms with Gasteiger partial charge >= 0.3 is 18.1 Å². The third kappa shape index (κ3) is 3.57. The molecule has 3 rings (SSSR count). The molecule has 0 saturated carbocycles. The van der Waals surface area contributed by atoms with Gasteiger partial charge in [0.25, 0.3) is 0 Å². The Labute approximate surface area is 139 Å². The number of benzene rings is 1. The van der Waals surface area contributed by atoms with Crippen molar-refractivity contribution < 1.29 is 26.9 Å². The number of nitrogens with zero attached hydrogens (tertiary/aromatic N) is 3. The van der Waals surface area contributed by atoms with Crippen LogP contribution in [0.5, 0.6) is 0 Å². The topological polar surface area (TPSA) is 71.3 Å². The van der Waals surface area contributed by atoms with Crippen molar-refractivity contribution in [2.75, 3.05) is 11.9 Å². The number of carbonyl (C=O) groups excluding carboxylic acids is 1. The number of likely N-dealkylation sites (tertiary alicyclic amines) is 1. The number of amides is 2. The average Bonchev–Trinajstić information content (AvgIpc) is 3.17. The van der Waals surface area contributed by atoms with Crippen LogP contribution in [0.1, 0.15) is 25.7 Å². The molecule has 2 amide bonds. The Morgan fingerprint density at radius 1 is 1.40 bits per heavy atom. The molecule has 1 aliphatic rings. The van der Waals surface area contributed by atoms with Crippen LogP contribution in [-0.2, 0) is 6.18 Å². The Morgan fingerprint density at radius 3 is 2.72 bits per heavy atom. The Bertz CT molecular complexity index is 790. The molecule has 10 heteroatoms. The summed E-state index contributed by atoms with van der Waals surface area (Å²) in [5.41, 5.74) is -0.0725. The van der Waals surface area contributed by atoms with Crippen LogP contribution in [0, 0.1) is 5.82 Å². The van der Waals surface area contributed by atoms with Gasteiger partial charge in [-0.2, -0.15) is 18.2 Å². The highest BCUT2D eigenvalue weighted by molar-refractivity contribution is 5.90. The third-order valence-corrected chi connectivity index (χ3v) is 3.95. The summed E-state index contributed by atoms with van der Waals surface area (Å²) in [5, 5.41) is 5.65. The lowest BCUT2D eigenvalue weighted by molar-refractivity contribution is -0.159. The molecule has 1 aromatic heterocycles. The van der Waals surface area contributed by atoms with Gasteiger partial charge in [-0.05, 0) is 38.0 Å². The Hall–Kier alpha value is -2.65. The highest BCUT2D eigenvalue weighted by Gasteiger charge is 2.38. The number of anilines is 1. The number of hydrogen-bond donors (Lipinski definition) is 1. The van der Waals surface area contributed by atoms with E-state index in [-0.39, 0.29) is 17.3 Å². The summed E-state index contributed by atoms with van der Waals surface area (Å²) in [6, 6.07) is 3.14. The van der Waals surface area contributed by atoms with Crippen LogP contribution in [0.15, 0.2) is 22.7 Å². The molecule has 1 fully saturated rings. The maximum absolute atomic E-state index is 14.2. The number of carbonyl (C=O) groups is 1. The summed E-state index contributed by atoms with van der Waals surface area (Å²) in [6.45, 7) is 2.50. The summed E-state index contributed by atoms with van der Waals surface area (Å²) in [5.74, 6) is -2.71. The van der Waals surface area contributed by atoms with E-state index >= 15 is 0 Å². The minimum Gasteiger partial charge on any atom is -0.329 e. The zero-order valence-corrected chi connectivity index (χ0v) is 13.1. The molecule has 1 saturated heterocycles. The van der Waals surface area contributed by atoms with E-state index in [1.807, 2.05) is 6.92 Å². The van der Waals surface area contributed by atoms with E-state index in [2.05, 4.69) is 20.0 Å². The predicted molar refractivity (Wildman–Crippen MR) is 79.1 cm³/mol. The summed E-state index contributed by atoms with van der Waals surface area (Å²) in [4.78, 5) is 16.9. The van der Waals surface area contributed by atoms with Gasteiger partial charge in [0.15, 0.2) is 0 Å². The van der Waals surface area contributed by atoms with E-state index in [4.69, 9.17) is 0 Å². The number of alkyl halides is 3. The Kier molecular flexibility index (Phi) is 4.36. The molecule has 2 heterocycles. The van der Waals surface area contributed by atoms with E-state index in [9.17, 15) is 22.4 Å². The quantitative estimate of drug-likeness (QED) is 0.827. The normalized spacial score (nSPS) is 17.8. The van der Waals surface area contributed by atoms with Gasteiger partial charge in [0.1, 0.15) is 5.82 Å². The molecule has 2 aromatic rings. The molecule has 25 heavy (non-hydrogen) atoms. The summed E-state index contributed by atoms with van der Waals surface area (Å²) >= 11 is 0.